The normalized spacial score (nSPS) is 24.9. The maximum absolute atomic E-state index is 13.8. The molecule has 2 atom stereocenters. The first-order valence-electron chi connectivity index (χ1n) is 12.6. The van der Waals surface area contributed by atoms with Gasteiger partial charge in [-0.25, -0.2) is 0 Å². The van der Waals surface area contributed by atoms with Crippen molar-refractivity contribution in [2.24, 2.45) is 5.92 Å². The van der Waals surface area contributed by atoms with Crippen molar-refractivity contribution in [2.75, 3.05) is 39.2 Å². The molecule has 4 rings (SSSR count). The minimum atomic E-state index is -0.798. The Morgan fingerprint density at radius 3 is 2.39 bits per heavy atom. The lowest BCUT2D eigenvalue weighted by Crippen LogP contribution is -2.60. The number of benzene rings is 1. The van der Waals surface area contributed by atoms with Gasteiger partial charge in [0.25, 0.3) is 0 Å². The summed E-state index contributed by atoms with van der Waals surface area (Å²) in [7, 11) is 3.19. The molecule has 33 heavy (non-hydrogen) atoms. The van der Waals surface area contributed by atoms with Gasteiger partial charge >= 0.3 is 0 Å². The van der Waals surface area contributed by atoms with Gasteiger partial charge in [0.15, 0.2) is 0 Å². The van der Waals surface area contributed by atoms with Crippen LogP contribution in [0.2, 0.25) is 0 Å². The zero-order valence-electron chi connectivity index (χ0n) is 20.2. The van der Waals surface area contributed by atoms with Crippen LogP contribution in [0, 0.1) is 5.92 Å². The SMILES string of the molecule is COc1cc(NC(=O)C2(N(C=O)C[C@H]3CCCN4CCCC[C@@H]34)CCCCC2)cc(OC)c1. The van der Waals surface area contributed by atoms with Crippen molar-refractivity contribution in [3.05, 3.63) is 18.2 Å². The highest BCUT2D eigenvalue weighted by Crippen LogP contribution is 2.38. The van der Waals surface area contributed by atoms with Crippen LogP contribution >= 0.6 is 0 Å². The minimum absolute atomic E-state index is 0.0964. The van der Waals surface area contributed by atoms with E-state index < -0.39 is 5.54 Å². The first-order valence-corrected chi connectivity index (χ1v) is 12.6. The summed E-state index contributed by atoms with van der Waals surface area (Å²) in [6.45, 7) is 3.01. The predicted octanol–water partition coefficient (Wildman–Crippen LogP) is 4.07. The standard InChI is InChI=1S/C26H39N3O4/c1-32-22-15-21(16-23(17-22)33-2)27-25(31)26(11-5-3-6-12-26)29(19-30)18-20-9-8-14-28-13-7-4-10-24(20)28/h15-17,19-20,24H,3-14,18H2,1-2H3,(H,27,31)/t20-,24+/m1/s1. The number of methoxy groups -OCH3 is 2. The number of nitrogens with zero attached hydrogens (tertiary/aromatic N) is 2. The molecule has 2 saturated heterocycles. The van der Waals surface area contributed by atoms with Crippen molar-refractivity contribution in [3.8, 4) is 11.5 Å². The Balaban J connectivity index is 1.56. The lowest BCUT2D eigenvalue weighted by Gasteiger charge is -2.49. The Morgan fingerprint density at radius 1 is 1.03 bits per heavy atom. The summed E-state index contributed by atoms with van der Waals surface area (Å²) in [4.78, 5) is 30.8. The molecule has 182 valence electrons. The van der Waals surface area contributed by atoms with Crippen LogP contribution in [0.4, 0.5) is 5.69 Å². The van der Waals surface area contributed by atoms with E-state index in [1.165, 1.54) is 38.8 Å². The Labute approximate surface area is 197 Å². The zero-order valence-corrected chi connectivity index (χ0v) is 20.2. The maximum atomic E-state index is 13.8. The number of hydrogen-bond acceptors (Lipinski definition) is 5. The summed E-state index contributed by atoms with van der Waals surface area (Å²) in [6, 6.07) is 5.91. The van der Waals surface area contributed by atoms with Gasteiger partial charge in [-0.05, 0) is 57.5 Å². The number of piperidine rings is 2. The van der Waals surface area contributed by atoms with Crippen LogP contribution in [0.25, 0.3) is 0 Å². The van der Waals surface area contributed by atoms with Crippen molar-refractivity contribution in [1.82, 2.24) is 9.80 Å². The van der Waals surface area contributed by atoms with E-state index >= 15 is 0 Å². The molecule has 3 aliphatic rings. The van der Waals surface area contributed by atoms with Crippen molar-refractivity contribution in [1.29, 1.82) is 0 Å². The van der Waals surface area contributed by atoms with Crippen LogP contribution in [-0.4, -0.2) is 67.6 Å². The first-order chi connectivity index (χ1) is 16.1. The second-order valence-electron chi connectivity index (χ2n) is 9.91. The van der Waals surface area contributed by atoms with Crippen molar-refractivity contribution < 1.29 is 19.1 Å². The van der Waals surface area contributed by atoms with Crippen LogP contribution in [0.15, 0.2) is 18.2 Å². The summed E-state index contributed by atoms with van der Waals surface area (Å²) in [5.74, 6) is 1.58. The molecule has 0 spiro atoms. The van der Waals surface area contributed by atoms with Crippen molar-refractivity contribution >= 4 is 18.0 Å². The Kier molecular flexibility index (Phi) is 7.78. The fraction of sp³-hybridized carbons (Fsp3) is 0.692. The summed E-state index contributed by atoms with van der Waals surface area (Å²) in [5, 5.41) is 3.10. The molecule has 1 aliphatic carbocycles. The van der Waals surface area contributed by atoms with Gasteiger partial charge in [0.05, 0.1) is 14.2 Å². The molecule has 0 unspecified atom stereocenters. The Hall–Kier alpha value is -2.28. The predicted molar refractivity (Wildman–Crippen MR) is 129 cm³/mol. The van der Waals surface area contributed by atoms with E-state index in [1.54, 1.807) is 32.4 Å². The van der Waals surface area contributed by atoms with Crippen LogP contribution in [-0.2, 0) is 9.59 Å². The van der Waals surface area contributed by atoms with E-state index in [4.69, 9.17) is 9.47 Å². The highest BCUT2D eigenvalue weighted by atomic mass is 16.5. The summed E-state index contributed by atoms with van der Waals surface area (Å²) < 4.78 is 10.7. The molecular formula is C26H39N3O4. The fourth-order valence-corrected chi connectivity index (χ4v) is 6.27. The van der Waals surface area contributed by atoms with Crippen LogP contribution in [0.1, 0.15) is 64.2 Å². The molecule has 7 heteroatoms. The van der Waals surface area contributed by atoms with E-state index in [0.717, 1.165) is 32.1 Å². The minimum Gasteiger partial charge on any atom is -0.497 e. The molecule has 0 aromatic heterocycles. The molecule has 2 heterocycles. The van der Waals surface area contributed by atoms with Crippen LogP contribution in [0.5, 0.6) is 11.5 Å². The lowest BCUT2D eigenvalue weighted by molar-refractivity contribution is -0.141. The summed E-state index contributed by atoms with van der Waals surface area (Å²) in [5.41, 5.74) is -0.170. The second kappa shape index (κ2) is 10.8. The third-order valence-corrected chi connectivity index (χ3v) is 8.05. The Morgan fingerprint density at radius 2 is 1.73 bits per heavy atom. The van der Waals surface area contributed by atoms with Gasteiger partial charge in [-0.15, -0.1) is 0 Å². The van der Waals surface area contributed by atoms with E-state index in [0.29, 0.717) is 48.5 Å². The Bertz CT molecular complexity index is 800. The molecule has 1 N–H and O–H groups in total. The number of fused-ring (bicyclic) bond motifs is 1. The first kappa shape index (κ1) is 23.9. The van der Waals surface area contributed by atoms with E-state index in [9.17, 15) is 9.59 Å². The van der Waals surface area contributed by atoms with E-state index in [-0.39, 0.29) is 5.91 Å². The molecule has 3 fully saturated rings. The maximum Gasteiger partial charge on any atom is 0.250 e. The molecular weight excluding hydrogens is 418 g/mol. The number of nitrogens with one attached hydrogen (secondary N) is 1. The number of amides is 2. The molecule has 2 aliphatic heterocycles. The topological polar surface area (TPSA) is 71.1 Å². The molecule has 2 amide bonds. The van der Waals surface area contributed by atoms with Crippen LogP contribution in [0.3, 0.4) is 0 Å². The van der Waals surface area contributed by atoms with Gasteiger partial charge in [0.1, 0.15) is 17.0 Å². The number of rotatable bonds is 8. The third-order valence-electron chi connectivity index (χ3n) is 8.05. The molecule has 1 aromatic carbocycles. The summed E-state index contributed by atoms with van der Waals surface area (Å²) >= 11 is 0. The van der Waals surface area contributed by atoms with Gasteiger partial charge in [-0.3, -0.25) is 9.59 Å². The number of carbonyl (C=O) groups is 2. The molecule has 0 bridgehead atoms. The second-order valence-corrected chi connectivity index (χ2v) is 9.91. The van der Waals surface area contributed by atoms with E-state index in [1.807, 2.05) is 4.90 Å². The van der Waals surface area contributed by atoms with Gasteiger partial charge in [0, 0.05) is 36.5 Å². The fourth-order valence-electron chi connectivity index (χ4n) is 6.27. The van der Waals surface area contributed by atoms with E-state index in [2.05, 4.69) is 10.2 Å². The number of carbonyl (C=O) groups excluding carboxylic acids is 2. The van der Waals surface area contributed by atoms with Crippen molar-refractivity contribution in [2.45, 2.75) is 75.8 Å². The molecule has 1 aromatic rings. The lowest BCUT2D eigenvalue weighted by atomic mass is 9.77. The highest BCUT2D eigenvalue weighted by molar-refractivity contribution is 5.99. The average molecular weight is 458 g/mol. The highest BCUT2D eigenvalue weighted by Gasteiger charge is 2.46. The van der Waals surface area contributed by atoms with Gasteiger partial charge in [-0.1, -0.05) is 25.7 Å². The van der Waals surface area contributed by atoms with Crippen molar-refractivity contribution in [3.63, 3.8) is 0 Å². The van der Waals surface area contributed by atoms with Gasteiger partial charge in [-0.2, -0.15) is 0 Å². The quantitative estimate of drug-likeness (QED) is 0.596. The number of ether oxygens (including phenoxy) is 2. The number of anilines is 1. The molecule has 0 radical (unpaired) electrons. The van der Waals surface area contributed by atoms with Gasteiger partial charge < -0.3 is 24.6 Å². The summed E-state index contributed by atoms with van der Waals surface area (Å²) in [6.07, 6.45) is 11.4. The molecule has 7 nitrogen and oxygen atoms in total. The number of hydrogen-bond donors (Lipinski definition) is 1. The molecule has 1 saturated carbocycles. The third kappa shape index (κ3) is 5.13. The van der Waals surface area contributed by atoms with Crippen LogP contribution < -0.4 is 14.8 Å². The zero-order chi connectivity index (χ0) is 23.3. The average Bonchev–Trinajstić information content (AvgIpc) is 2.87. The van der Waals surface area contributed by atoms with Gasteiger partial charge in [0.2, 0.25) is 12.3 Å². The smallest absolute Gasteiger partial charge is 0.250 e. The largest absolute Gasteiger partial charge is 0.497 e. The monoisotopic (exact) mass is 457 g/mol.